The van der Waals surface area contributed by atoms with Crippen LogP contribution >= 0.6 is 0 Å². The molecule has 0 fully saturated rings. The minimum Gasteiger partial charge on any atom is -0.343 e. The molecule has 0 saturated carbocycles. The Bertz CT molecular complexity index is 698. The molecule has 3 heteroatoms. The van der Waals surface area contributed by atoms with E-state index in [0.717, 1.165) is 23.2 Å². The van der Waals surface area contributed by atoms with E-state index in [1.54, 1.807) is 0 Å². The first kappa shape index (κ1) is 11.9. The number of halogens is 1. The van der Waals surface area contributed by atoms with Crippen molar-refractivity contribution in [2.75, 3.05) is 0 Å². The first-order chi connectivity index (χ1) is 9.28. The minimum atomic E-state index is -0.202. The first-order valence-corrected chi connectivity index (χ1v) is 6.29. The smallest absolute Gasteiger partial charge is 0.123 e. The molecule has 3 aromatic rings. The zero-order chi connectivity index (χ0) is 13.2. The molecule has 0 bridgehead atoms. The summed E-state index contributed by atoms with van der Waals surface area (Å²) in [6.45, 7) is 1.27. The summed E-state index contributed by atoms with van der Waals surface area (Å²) in [6, 6.07) is 14.8. The van der Waals surface area contributed by atoms with Crippen molar-refractivity contribution in [3.63, 3.8) is 0 Å². The van der Waals surface area contributed by atoms with Gasteiger partial charge in [-0.05, 0) is 35.4 Å². The summed E-state index contributed by atoms with van der Waals surface area (Å²) in [6.07, 6.45) is 2.05. The highest BCUT2D eigenvalue weighted by molar-refractivity contribution is 5.83. The molecule has 19 heavy (non-hydrogen) atoms. The number of nitrogens with zero attached hydrogens (tertiary/aromatic N) is 1. The lowest BCUT2D eigenvalue weighted by atomic mass is 10.1. The van der Waals surface area contributed by atoms with Gasteiger partial charge >= 0.3 is 0 Å². The average Bonchev–Trinajstić information content (AvgIpc) is 2.84. The van der Waals surface area contributed by atoms with Crippen LogP contribution in [0, 0.1) is 5.82 Å². The third-order valence-corrected chi connectivity index (χ3v) is 3.39. The van der Waals surface area contributed by atoms with E-state index in [-0.39, 0.29) is 5.82 Å². The number of fused-ring (bicyclic) bond motifs is 1. The van der Waals surface area contributed by atoms with Crippen molar-refractivity contribution < 1.29 is 4.39 Å². The Morgan fingerprint density at radius 1 is 1.00 bits per heavy atom. The van der Waals surface area contributed by atoms with E-state index in [9.17, 15) is 4.39 Å². The maximum atomic E-state index is 12.9. The molecule has 2 aromatic carbocycles. The molecule has 0 aliphatic carbocycles. The van der Waals surface area contributed by atoms with Crippen molar-refractivity contribution >= 4 is 10.9 Å². The van der Waals surface area contributed by atoms with E-state index in [0.29, 0.717) is 6.54 Å². The third kappa shape index (κ3) is 2.25. The van der Waals surface area contributed by atoms with Crippen LogP contribution in [0.15, 0.2) is 54.7 Å². The Hall–Kier alpha value is -2.13. The summed E-state index contributed by atoms with van der Waals surface area (Å²) in [5.74, 6) is -0.202. The zero-order valence-electron chi connectivity index (χ0n) is 10.5. The van der Waals surface area contributed by atoms with Crippen LogP contribution in [0.25, 0.3) is 10.9 Å². The van der Waals surface area contributed by atoms with Gasteiger partial charge in [-0.1, -0.05) is 24.3 Å². The summed E-state index contributed by atoms with van der Waals surface area (Å²) in [5, 5.41) is 1.19. The fraction of sp³-hybridized carbons (Fsp3) is 0.125. The van der Waals surface area contributed by atoms with Gasteiger partial charge in [0.1, 0.15) is 5.82 Å². The van der Waals surface area contributed by atoms with E-state index in [1.165, 1.54) is 17.5 Å². The first-order valence-electron chi connectivity index (χ1n) is 6.29. The van der Waals surface area contributed by atoms with Gasteiger partial charge in [-0.25, -0.2) is 4.39 Å². The van der Waals surface area contributed by atoms with E-state index < -0.39 is 0 Å². The summed E-state index contributed by atoms with van der Waals surface area (Å²) in [4.78, 5) is 0. The maximum Gasteiger partial charge on any atom is 0.123 e. The molecule has 0 unspecified atom stereocenters. The van der Waals surface area contributed by atoms with Gasteiger partial charge in [-0.2, -0.15) is 0 Å². The molecular formula is C16H15FN2. The van der Waals surface area contributed by atoms with Crippen LogP contribution in [0.1, 0.15) is 11.1 Å². The molecule has 2 nitrogen and oxygen atoms in total. The molecule has 3 rings (SSSR count). The van der Waals surface area contributed by atoms with E-state index in [1.807, 2.05) is 30.5 Å². The highest BCUT2D eigenvalue weighted by atomic mass is 19.1. The van der Waals surface area contributed by atoms with Gasteiger partial charge in [0.15, 0.2) is 0 Å². The van der Waals surface area contributed by atoms with Crippen molar-refractivity contribution in [3.05, 3.63) is 71.7 Å². The predicted molar refractivity (Wildman–Crippen MR) is 75.3 cm³/mol. The molecular weight excluding hydrogens is 239 g/mol. The van der Waals surface area contributed by atoms with Gasteiger partial charge in [0.05, 0.1) is 0 Å². The van der Waals surface area contributed by atoms with Crippen molar-refractivity contribution in [2.45, 2.75) is 13.1 Å². The van der Waals surface area contributed by atoms with Gasteiger partial charge in [-0.15, -0.1) is 0 Å². The summed E-state index contributed by atoms with van der Waals surface area (Å²) < 4.78 is 15.1. The number of nitrogens with two attached hydrogens (primary N) is 1. The normalized spacial score (nSPS) is 11.1. The van der Waals surface area contributed by atoms with Gasteiger partial charge < -0.3 is 10.3 Å². The average molecular weight is 254 g/mol. The lowest BCUT2D eigenvalue weighted by Gasteiger charge is -2.07. The van der Waals surface area contributed by atoms with Crippen LogP contribution < -0.4 is 5.73 Å². The number of hydrogen-bond acceptors (Lipinski definition) is 1. The Morgan fingerprint density at radius 3 is 2.53 bits per heavy atom. The summed E-state index contributed by atoms with van der Waals surface area (Å²) in [5.41, 5.74) is 9.13. The molecule has 0 spiro atoms. The van der Waals surface area contributed by atoms with Crippen molar-refractivity contribution in [1.29, 1.82) is 0 Å². The number of rotatable bonds is 3. The molecule has 1 heterocycles. The second-order valence-electron chi connectivity index (χ2n) is 4.62. The summed E-state index contributed by atoms with van der Waals surface area (Å²) >= 11 is 0. The van der Waals surface area contributed by atoms with Crippen LogP contribution in [-0.4, -0.2) is 4.57 Å². The molecule has 0 amide bonds. The summed E-state index contributed by atoms with van der Waals surface area (Å²) in [7, 11) is 0. The van der Waals surface area contributed by atoms with Gasteiger partial charge in [0, 0.05) is 30.2 Å². The Balaban J connectivity index is 1.99. The lowest BCUT2D eigenvalue weighted by molar-refractivity contribution is 0.626. The molecule has 96 valence electrons. The Labute approximate surface area is 111 Å². The van der Waals surface area contributed by atoms with E-state index >= 15 is 0 Å². The quantitative estimate of drug-likeness (QED) is 0.764. The molecule has 0 aliphatic rings. The highest BCUT2D eigenvalue weighted by Crippen LogP contribution is 2.21. The molecule has 1 aromatic heterocycles. The Kier molecular flexibility index (Phi) is 3.05. The van der Waals surface area contributed by atoms with Gasteiger partial charge in [-0.3, -0.25) is 0 Å². The molecule has 0 radical (unpaired) electrons. The lowest BCUT2D eigenvalue weighted by Crippen LogP contribution is -1.99. The second kappa shape index (κ2) is 4.86. The third-order valence-electron chi connectivity index (χ3n) is 3.39. The molecule has 2 N–H and O–H groups in total. The van der Waals surface area contributed by atoms with Gasteiger partial charge in [0.2, 0.25) is 0 Å². The monoisotopic (exact) mass is 254 g/mol. The topological polar surface area (TPSA) is 30.9 Å². The zero-order valence-corrected chi connectivity index (χ0v) is 10.5. The molecule has 0 saturated heterocycles. The van der Waals surface area contributed by atoms with Crippen molar-refractivity contribution in [1.82, 2.24) is 4.57 Å². The van der Waals surface area contributed by atoms with E-state index in [2.05, 4.69) is 16.7 Å². The largest absolute Gasteiger partial charge is 0.343 e. The fourth-order valence-corrected chi connectivity index (χ4v) is 2.39. The predicted octanol–water partition coefficient (Wildman–Crippen LogP) is 3.29. The van der Waals surface area contributed by atoms with Crippen molar-refractivity contribution in [2.24, 2.45) is 5.73 Å². The number of hydrogen-bond donors (Lipinski definition) is 1. The Morgan fingerprint density at radius 2 is 1.79 bits per heavy atom. The highest BCUT2D eigenvalue weighted by Gasteiger charge is 2.05. The second-order valence-corrected chi connectivity index (χ2v) is 4.62. The number of aromatic nitrogens is 1. The molecule has 0 atom stereocenters. The number of benzene rings is 2. The van der Waals surface area contributed by atoms with Crippen molar-refractivity contribution in [3.8, 4) is 0 Å². The standard InChI is InChI=1S/C16H15FN2/c17-14-6-4-12(5-7-14)11-19-9-8-15-13(10-18)2-1-3-16(15)19/h1-9H,10-11,18H2. The van der Waals surface area contributed by atoms with Crippen LogP contribution in [0.3, 0.4) is 0 Å². The van der Waals surface area contributed by atoms with Crippen LogP contribution in [0.5, 0.6) is 0 Å². The maximum absolute atomic E-state index is 12.9. The van der Waals surface area contributed by atoms with Crippen LogP contribution in [0.2, 0.25) is 0 Å². The minimum absolute atomic E-state index is 0.202. The van der Waals surface area contributed by atoms with Gasteiger partial charge in [0.25, 0.3) is 0 Å². The van der Waals surface area contributed by atoms with Crippen LogP contribution in [-0.2, 0) is 13.1 Å². The van der Waals surface area contributed by atoms with E-state index in [4.69, 9.17) is 5.73 Å². The fourth-order valence-electron chi connectivity index (χ4n) is 2.39. The SMILES string of the molecule is NCc1cccc2c1ccn2Cc1ccc(F)cc1. The molecule has 0 aliphatic heterocycles. The van der Waals surface area contributed by atoms with Crippen LogP contribution in [0.4, 0.5) is 4.39 Å².